The van der Waals surface area contributed by atoms with Crippen molar-refractivity contribution in [2.24, 2.45) is 5.73 Å². The molecule has 2 fully saturated rings. The van der Waals surface area contributed by atoms with E-state index >= 15 is 0 Å². The van der Waals surface area contributed by atoms with Crippen molar-refractivity contribution in [1.29, 1.82) is 0 Å². The summed E-state index contributed by atoms with van der Waals surface area (Å²) in [6.45, 7) is 0.738. The Morgan fingerprint density at radius 2 is 2.00 bits per heavy atom. The maximum atomic E-state index is 12.7. The average Bonchev–Trinajstić information content (AvgIpc) is 3.36. The van der Waals surface area contributed by atoms with Crippen molar-refractivity contribution in [3.8, 4) is 0 Å². The van der Waals surface area contributed by atoms with Crippen LogP contribution in [0.2, 0.25) is 0 Å². The van der Waals surface area contributed by atoms with E-state index in [0.29, 0.717) is 18.1 Å². The first-order valence-electron chi connectivity index (χ1n) is 9.12. The van der Waals surface area contributed by atoms with Crippen LogP contribution < -0.4 is 5.73 Å². The Morgan fingerprint density at radius 3 is 2.76 bits per heavy atom. The second-order valence-corrected chi connectivity index (χ2v) is 7.23. The monoisotopic (exact) mass is 340 g/mol. The predicted octanol–water partition coefficient (Wildman–Crippen LogP) is 2.70. The number of likely N-dealkylation sites (tertiary alicyclic amines) is 1. The van der Waals surface area contributed by atoms with Crippen LogP contribution in [0.5, 0.6) is 0 Å². The van der Waals surface area contributed by atoms with E-state index in [1.54, 1.807) is 0 Å². The van der Waals surface area contributed by atoms with Crippen LogP contribution >= 0.6 is 0 Å². The van der Waals surface area contributed by atoms with Gasteiger partial charge >= 0.3 is 0 Å². The molecule has 4 rings (SSSR count). The van der Waals surface area contributed by atoms with Gasteiger partial charge in [0.15, 0.2) is 5.82 Å². The fourth-order valence-corrected chi connectivity index (χ4v) is 4.00. The second kappa shape index (κ2) is 6.59. The maximum Gasteiger partial charge on any atom is 0.249 e. The van der Waals surface area contributed by atoms with Crippen molar-refractivity contribution in [3.05, 3.63) is 47.6 Å². The lowest BCUT2D eigenvalue weighted by Crippen LogP contribution is -2.35. The molecule has 1 unspecified atom stereocenters. The van der Waals surface area contributed by atoms with Crippen molar-refractivity contribution in [3.63, 3.8) is 0 Å². The molecule has 0 radical (unpaired) electrons. The molecule has 2 N–H and O–H groups in total. The van der Waals surface area contributed by atoms with Crippen LogP contribution in [0.3, 0.4) is 0 Å². The van der Waals surface area contributed by atoms with Gasteiger partial charge in [-0.1, -0.05) is 48.3 Å². The summed E-state index contributed by atoms with van der Waals surface area (Å²) in [5, 5.41) is 4.14. The van der Waals surface area contributed by atoms with E-state index in [4.69, 9.17) is 10.3 Å². The zero-order valence-corrected chi connectivity index (χ0v) is 14.4. The summed E-state index contributed by atoms with van der Waals surface area (Å²) < 4.78 is 5.52. The third-order valence-corrected chi connectivity index (χ3v) is 5.44. The Balaban J connectivity index is 1.50. The summed E-state index contributed by atoms with van der Waals surface area (Å²) in [5.41, 5.74) is 6.99. The van der Waals surface area contributed by atoms with Gasteiger partial charge in [-0.15, -0.1) is 0 Å². The third-order valence-electron chi connectivity index (χ3n) is 5.44. The van der Waals surface area contributed by atoms with Gasteiger partial charge in [0, 0.05) is 6.54 Å². The van der Waals surface area contributed by atoms with Gasteiger partial charge in [-0.2, -0.15) is 4.98 Å². The van der Waals surface area contributed by atoms with E-state index in [9.17, 15) is 4.79 Å². The van der Waals surface area contributed by atoms with Gasteiger partial charge in [0.25, 0.3) is 0 Å². The van der Waals surface area contributed by atoms with Crippen LogP contribution in [0.1, 0.15) is 61.8 Å². The SMILES string of the molecule is NC1(c2noc(C3CCCN3C(=O)Cc3ccccc3)n2)CCCC1. The first-order chi connectivity index (χ1) is 12.2. The smallest absolute Gasteiger partial charge is 0.249 e. The first kappa shape index (κ1) is 16.3. The summed E-state index contributed by atoms with van der Waals surface area (Å²) in [6.07, 6.45) is 6.22. The molecule has 1 aliphatic carbocycles. The number of amides is 1. The fraction of sp³-hybridized carbons (Fsp3) is 0.526. The zero-order chi connectivity index (χ0) is 17.3. The molecule has 132 valence electrons. The number of nitrogens with two attached hydrogens (primary N) is 1. The summed E-state index contributed by atoms with van der Waals surface area (Å²) >= 11 is 0. The van der Waals surface area contributed by atoms with Crippen LogP contribution in [0.15, 0.2) is 34.9 Å². The number of hydrogen-bond donors (Lipinski definition) is 1. The Bertz CT molecular complexity index is 737. The molecule has 2 aromatic rings. The van der Waals surface area contributed by atoms with Crippen LogP contribution in [-0.4, -0.2) is 27.5 Å². The highest BCUT2D eigenvalue weighted by atomic mass is 16.5. The molecule has 6 heteroatoms. The molecule has 6 nitrogen and oxygen atoms in total. The summed E-state index contributed by atoms with van der Waals surface area (Å²) in [7, 11) is 0. The number of aromatic nitrogens is 2. The van der Waals surface area contributed by atoms with Gasteiger partial charge in [0.2, 0.25) is 11.8 Å². The summed E-state index contributed by atoms with van der Waals surface area (Å²) in [5.74, 6) is 1.24. The van der Waals surface area contributed by atoms with Crippen LogP contribution in [0, 0.1) is 0 Å². The van der Waals surface area contributed by atoms with Gasteiger partial charge in [-0.3, -0.25) is 4.79 Å². The quantitative estimate of drug-likeness (QED) is 0.925. The van der Waals surface area contributed by atoms with Gasteiger partial charge in [-0.25, -0.2) is 0 Å². The Kier molecular flexibility index (Phi) is 4.29. The number of nitrogens with zero attached hydrogens (tertiary/aromatic N) is 3. The number of benzene rings is 1. The average molecular weight is 340 g/mol. The van der Waals surface area contributed by atoms with Gasteiger partial charge < -0.3 is 15.2 Å². The van der Waals surface area contributed by atoms with Crippen molar-refractivity contribution in [2.75, 3.05) is 6.54 Å². The zero-order valence-electron chi connectivity index (χ0n) is 14.4. The molecular weight excluding hydrogens is 316 g/mol. The predicted molar refractivity (Wildman–Crippen MR) is 92.5 cm³/mol. The van der Waals surface area contributed by atoms with Crippen molar-refractivity contribution in [1.82, 2.24) is 15.0 Å². The van der Waals surface area contributed by atoms with Crippen LogP contribution in [0.4, 0.5) is 0 Å². The van der Waals surface area contributed by atoms with E-state index in [1.807, 2.05) is 35.2 Å². The molecule has 1 saturated heterocycles. The molecule has 1 atom stereocenters. The Labute approximate surface area is 147 Å². The number of carbonyl (C=O) groups excluding carboxylic acids is 1. The van der Waals surface area contributed by atoms with Gasteiger partial charge in [0.05, 0.1) is 12.0 Å². The van der Waals surface area contributed by atoms with Crippen LogP contribution in [0.25, 0.3) is 0 Å². The minimum absolute atomic E-state index is 0.108. The van der Waals surface area contributed by atoms with Crippen molar-refractivity contribution in [2.45, 2.75) is 56.5 Å². The third kappa shape index (κ3) is 3.18. The van der Waals surface area contributed by atoms with E-state index < -0.39 is 5.54 Å². The molecule has 0 spiro atoms. The summed E-state index contributed by atoms with van der Waals surface area (Å²) in [4.78, 5) is 19.2. The molecule has 1 aliphatic heterocycles. The fourth-order valence-electron chi connectivity index (χ4n) is 4.00. The molecule has 1 amide bonds. The highest BCUT2D eigenvalue weighted by molar-refractivity contribution is 5.79. The molecule has 2 heterocycles. The highest BCUT2D eigenvalue weighted by Gasteiger charge is 2.39. The summed E-state index contributed by atoms with van der Waals surface area (Å²) in [6, 6.07) is 9.70. The molecule has 2 aliphatic rings. The lowest BCUT2D eigenvalue weighted by molar-refractivity contribution is -0.131. The largest absolute Gasteiger partial charge is 0.337 e. The number of hydrogen-bond acceptors (Lipinski definition) is 5. The van der Waals surface area contributed by atoms with E-state index in [0.717, 1.165) is 50.6 Å². The first-order valence-corrected chi connectivity index (χ1v) is 9.12. The molecule has 1 saturated carbocycles. The lowest BCUT2D eigenvalue weighted by atomic mass is 9.98. The van der Waals surface area contributed by atoms with E-state index in [1.165, 1.54) is 0 Å². The van der Waals surface area contributed by atoms with E-state index in [2.05, 4.69) is 10.1 Å². The van der Waals surface area contributed by atoms with Crippen LogP contribution in [-0.2, 0) is 16.8 Å². The number of rotatable bonds is 4. The topological polar surface area (TPSA) is 85.2 Å². The van der Waals surface area contributed by atoms with Crippen molar-refractivity contribution >= 4 is 5.91 Å². The van der Waals surface area contributed by atoms with Gasteiger partial charge in [-0.05, 0) is 31.2 Å². The van der Waals surface area contributed by atoms with E-state index in [-0.39, 0.29) is 11.9 Å². The standard InChI is InChI=1S/C19H24N4O2/c20-19(10-4-5-11-19)18-21-17(25-22-18)15-9-6-12-23(15)16(24)13-14-7-2-1-3-8-14/h1-3,7-8,15H,4-6,9-13,20H2. The minimum Gasteiger partial charge on any atom is -0.337 e. The highest BCUT2D eigenvalue weighted by Crippen LogP contribution is 2.37. The van der Waals surface area contributed by atoms with Gasteiger partial charge in [0.1, 0.15) is 6.04 Å². The Hall–Kier alpha value is -2.21. The van der Waals surface area contributed by atoms with Crippen molar-refractivity contribution < 1.29 is 9.32 Å². The second-order valence-electron chi connectivity index (χ2n) is 7.23. The Morgan fingerprint density at radius 1 is 1.24 bits per heavy atom. The molecular formula is C19H24N4O2. The number of carbonyl (C=O) groups is 1. The molecule has 1 aromatic heterocycles. The minimum atomic E-state index is -0.459. The maximum absolute atomic E-state index is 12.7. The molecule has 1 aromatic carbocycles. The molecule has 25 heavy (non-hydrogen) atoms. The lowest BCUT2D eigenvalue weighted by Gasteiger charge is -2.22. The molecule has 0 bridgehead atoms. The normalized spacial score (nSPS) is 22.4.